The molecular formula is C35H42N6O8. The van der Waals surface area contributed by atoms with E-state index in [9.17, 15) is 29.1 Å². The number of nitrogens with zero attached hydrogens (tertiary/aromatic N) is 1. The van der Waals surface area contributed by atoms with E-state index in [1.165, 1.54) is 13.8 Å². The monoisotopic (exact) mass is 674 g/mol. The summed E-state index contributed by atoms with van der Waals surface area (Å²) in [6.07, 6.45) is 0.696. The summed E-state index contributed by atoms with van der Waals surface area (Å²) in [5.74, 6) is -1.91. The van der Waals surface area contributed by atoms with Gasteiger partial charge in [0.1, 0.15) is 41.9 Å². The molecule has 2 aromatic carbocycles. The maximum Gasteiger partial charge on any atom is 0.270 e. The number of piperidine rings is 1. The molecule has 4 atom stereocenters. The number of hydrogen-bond donors (Lipinski definition) is 6. The van der Waals surface area contributed by atoms with Crippen LogP contribution in [0.25, 0.3) is 0 Å². The lowest BCUT2D eigenvalue weighted by Gasteiger charge is -2.41. The number of aromatic nitrogens is 1. The highest BCUT2D eigenvalue weighted by Crippen LogP contribution is 2.31. The number of ether oxygens (including phenoxy) is 2. The molecule has 1 aromatic heterocycles. The molecule has 1 fully saturated rings. The molecule has 14 nitrogen and oxygen atoms in total. The number of hydrogen-bond acceptors (Lipinski definition) is 8. The number of likely N-dealkylation sites (tertiary alicyclic amines) is 1. The highest BCUT2D eigenvalue weighted by molar-refractivity contribution is 5.96. The number of H-pyrrole nitrogens is 1. The van der Waals surface area contributed by atoms with Gasteiger partial charge in [0.05, 0.1) is 12.6 Å². The number of benzene rings is 2. The Bertz CT molecular complexity index is 1600. The summed E-state index contributed by atoms with van der Waals surface area (Å²) in [6, 6.07) is 15.6. The van der Waals surface area contributed by atoms with Gasteiger partial charge >= 0.3 is 0 Å². The lowest BCUT2D eigenvalue weighted by molar-refractivity contribution is -0.145. The molecule has 3 aliphatic heterocycles. The molecule has 6 rings (SSSR count). The Kier molecular flexibility index (Phi) is 11.2. The van der Waals surface area contributed by atoms with Crippen molar-refractivity contribution in [3.05, 3.63) is 84.2 Å². The van der Waals surface area contributed by atoms with Crippen molar-refractivity contribution in [3.63, 3.8) is 0 Å². The first kappa shape index (κ1) is 35.0. The number of nitrogens with one attached hydrogen (secondary N) is 5. The van der Waals surface area contributed by atoms with E-state index in [1.807, 2.05) is 30.3 Å². The van der Waals surface area contributed by atoms with Crippen LogP contribution in [-0.2, 0) is 25.6 Å². The fraction of sp³-hybridized carbons (Fsp3) is 0.400. The second kappa shape index (κ2) is 15.7. The number of carbonyl (C=O) groups is 5. The Morgan fingerprint density at radius 3 is 2.24 bits per heavy atom. The molecule has 0 radical (unpaired) electrons. The van der Waals surface area contributed by atoms with E-state index in [4.69, 9.17) is 9.47 Å². The zero-order chi connectivity index (χ0) is 35.0. The van der Waals surface area contributed by atoms with Crippen molar-refractivity contribution in [2.45, 2.75) is 62.9 Å². The minimum Gasteiger partial charge on any atom is -0.492 e. The van der Waals surface area contributed by atoms with Gasteiger partial charge in [0.15, 0.2) is 5.60 Å². The number of carbonyl (C=O) groups excluding carboxylic acids is 5. The lowest BCUT2D eigenvalue weighted by Crippen LogP contribution is -2.63. The van der Waals surface area contributed by atoms with E-state index in [-0.39, 0.29) is 51.4 Å². The largest absolute Gasteiger partial charge is 0.492 e. The molecule has 5 amide bonds. The molecular weight excluding hydrogens is 632 g/mol. The van der Waals surface area contributed by atoms with Crippen molar-refractivity contribution in [1.29, 1.82) is 0 Å². The van der Waals surface area contributed by atoms with E-state index in [0.29, 0.717) is 17.2 Å². The first-order valence-corrected chi connectivity index (χ1v) is 16.3. The van der Waals surface area contributed by atoms with Gasteiger partial charge in [-0.2, -0.15) is 0 Å². The highest BCUT2D eigenvalue weighted by atomic mass is 16.5. The zero-order valence-corrected chi connectivity index (χ0v) is 27.4. The second-order valence-electron chi connectivity index (χ2n) is 12.3. The molecule has 49 heavy (non-hydrogen) atoms. The van der Waals surface area contributed by atoms with Gasteiger partial charge in [0.25, 0.3) is 11.8 Å². The molecule has 260 valence electrons. The third-order valence-electron chi connectivity index (χ3n) is 8.63. The minimum absolute atomic E-state index is 0.0962. The summed E-state index contributed by atoms with van der Waals surface area (Å²) in [7, 11) is 0. The Labute approximate surface area is 283 Å². The Hall–Kier alpha value is -5.37. The molecule has 14 heteroatoms. The molecule has 6 N–H and O–H groups in total. The molecule has 1 unspecified atom stereocenters. The zero-order valence-electron chi connectivity index (χ0n) is 27.4. The quantitative estimate of drug-likeness (QED) is 0.218. The van der Waals surface area contributed by atoms with Gasteiger partial charge in [0.2, 0.25) is 17.7 Å². The van der Waals surface area contributed by atoms with E-state index in [2.05, 4.69) is 26.3 Å². The Morgan fingerprint density at radius 2 is 1.59 bits per heavy atom. The lowest BCUT2D eigenvalue weighted by atomic mass is 9.89. The average Bonchev–Trinajstić information content (AvgIpc) is 3.64. The fourth-order valence-electron chi connectivity index (χ4n) is 5.78. The summed E-state index contributed by atoms with van der Waals surface area (Å²) in [5.41, 5.74) is -0.262. The predicted molar refractivity (Wildman–Crippen MR) is 178 cm³/mol. The van der Waals surface area contributed by atoms with Gasteiger partial charge in [-0.1, -0.05) is 30.3 Å². The number of amides is 5. The predicted octanol–water partition coefficient (Wildman–Crippen LogP) is 0.675. The van der Waals surface area contributed by atoms with Crippen molar-refractivity contribution in [1.82, 2.24) is 31.2 Å². The standard InChI is InChI=1S/C35H42N6O8/c1-22-30(43)39-28(21-24-7-4-3-5-8-24)31(44)37-17-20-48-25-10-12-26(13-11-25)49-35(34(47)40-29(23(2)42)32(45)38-22)14-18-41(19-15-35)33(46)27-9-6-16-36-27/h3-13,16,22-23,28-29,36,42H,14-15,17-21H2,1-2H3,(H,37,44)(H,38,45)(H,39,43)(H,40,47)/t22-,23+,28-,29?/m0/s1. The third-order valence-corrected chi connectivity index (χ3v) is 8.63. The highest BCUT2D eigenvalue weighted by Gasteiger charge is 2.46. The SMILES string of the molecule is C[C@@H]1NC(=O)C([C@@H](C)O)NC(=O)C2(CCN(C(=O)c3ccc[nH]3)CC2)Oc2ccc(cc2)OCCNC(=O)[C@H](Cc2ccccc2)NC1=O. The van der Waals surface area contributed by atoms with Crippen molar-refractivity contribution in [3.8, 4) is 11.5 Å². The van der Waals surface area contributed by atoms with Crippen molar-refractivity contribution >= 4 is 29.5 Å². The van der Waals surface area contributed by atoms with Crippen molar-refractivity contribution in [2.24, 2.45) is 0 Å². The maximum atomic E-state index is 14.1. The number of aromatic amines is 1. The molecule has 0 saturated carbocycles. The average molecular weight is 675 g/mol. The minimum atomic E-state index is -1.50. The van der Waals surface area contributed by atoms with Gasteiger partial charge < -0.3 is 45.7 Å². The first-order valence-electron chi connectivity index (χ1n) is 16.3. The van der Waals surface area contributed by atoms with Crippen LogP contribution in [0.15, 0.2) is 72.9 Å². The van der Waals surface area contributed by atoms with Gasteiger partial charge in [0, 0.05) is 38.5 Å². The van der Waals surface area contributed by atoms with Crippen molar-refractivity contribution < 1.29 is 38.6 Å². The van der Waals surface area contributed by atoms with Crippen LogP contribution in [0.1, 0.15) is 42.7 Å². The van der Waals surface area contributed by atoms with Gasteiger partial charge in [-0.05, 0) is 55.8 Å². The molecule has 0 aliphatic carbocycles. The number of aliphatic hydroxyl groups excluding tert-OH is 1. The van der Waals surface area contributed by atoms with Gasteiger partial charge in [-0.15, -0.1) is 0 Å². The summed E-state index contributed by atoms with van der Waals surface area (Å²) in [6.45, 7) is 3.45. The molecule has 1 spiro atoms. The normalized spacial score (nSPS) is 22.8. The van der Waals surface area contributed by atoms with Crippen LogP contribution in [0.5, 0.6) is 11.5 Å². The van der Waals surface area contributed by atoms with E-state index in [1.54, 1.807) is 47.5 Å². The second-order valence-corrected chi connectivity index (χ2v) is 12.3. The van der Waals surface area contributed by atoms with Crippen LogP contribution in [0.4, 0.5) is 0 Å². The van der Waals surface area contributed by atoms with Crippen LogP contribution >= 0.6 is 0 Å². The van der Waals surface area contributed by atoms with Gasteiger partial charge in [-0.25, -0.2) is 0 Å². The van der Waals surface area contributed by atoms with E-state index >= 15 is 0 Å². The number of aliphatic hydroxyl groups is 1. The summed E-state index contributed by atoms with van der Waals surface area (Å²) < 4.78 is 12.1. The Balaban J connectivity index is 1.39. The van der Waals surface area contributed by atoms with Crippen LogP contribution in [0.2, 0.25) is 0 Å². The fourth-order valence-corrected chi connectivity index (χ4v) is 5.78. The van der Waals surface area contributed by atoms with Crippen LogP contribution in [0, 0.1) is 0 Å². The summed E-state index contributed by atoms with van der Waals surface area (Å²) in [5, 5.41) is 21.3. The maximum absolute atomic E-state index is 14.1. The van der Waals surface area contributed by atoms with E-state index in [0.717, 1.165) is 5.56 Å². The third kappa shape index (κ3) is 8.76. The summed E-state index contributed by atoms with van der Waals surface area (Å²) >= 11 is 0. The molecule has 3 aromatic rings. The van der Waals surface area contributed by atoms with Crippen LogP contribution in [-0.4, -0.2) is 101 Å². The molecule has 3 aliphatic rings. The molecule has 4 heterocycles. The first-order chi connectivity index (χ1) is 23.5. The topological polar surface area (TPSA) is 191 Å². The van der Waals surface area contributed by atoms with Crippen LogP contribution < -0.4 is 30.7 Å². The van der Waals surface area contributed by atoms with Crippen molar-refractivity contribution in [2.75, 3.05) is 26.2 Å². The number of fused-ring (bicyclic) bond motifs is 15. The van der Waals surface area contributed by atoms with E-state index < -0.39 is 53.5 Å². The smallest absolute Gasteiger partial charge is 0.270 e. The molecule has 1 saturated heterocycles. The Morgan fingerprint density at radius 1 is 0.898 bits per heavy atom. The van der Waals surface area contributed by atoms with Gasteiger partial charge in [-0.3, -0.25) is 24.0 Å². The molecule has 2 bridgehead atoms. The number of rotatable bonds is 4. The van der Waals surface area contributed by atoms with Crippen LogP contribution in [0.3, 0.4) is 0 Å². The summed E-state index contributed by atoms with van der Waals surface area (Å²) in [4.78, 5) is 71.5.